The van der Waals surface area contributed by atoms with Gasteiger partial charge in [0, 0.05) is 48.6 Å². The van der Waals surface area contributed by atoms with Gasteiger partial charge in [-0.15, -0.1) is 0 Å². The highest BCUT2D eigenvalue weighted by atomic mass is 16.5. The van der Waals surface area contributed by atoms with Gasteiger partial charge in [-0.2, -0.15) is 0 Å². The van der Waals surface area contributed by atoms with Crippen molar-refractivity contribution in [2.75, 3.05) is 19.7 Å². The van der Waals surface area contributed by atoms with Gasteiger partial charge >= 0.3 is 5.97 Å². The van der Waals surface area contributed by atoms with Crippen molar-refractivity contribution in [1.29, 1.82) is 0 Å². The molecule has 10 heteroatoms. The molecule has 0 bridgehead atoms. The van der Waals surface area contributed by atoms with E-state index in [0.717, 1.165) is 41.0 Å². The number of carboxylic acids is 1. The molecule has 268 valence electrons. The molecule has 1 aromatic heterocycles. The third-order valence-electron chi connectivity index (χ3n) is 8.95. The van der Waals surface area contributed by atoms with Crippen LogP contribution in [0.1, 0.15) is 75.2 Å². The number of ether oxygens (including phenoxy) is 2. The predicted molar refractivity (Wildman–Crippen MR) is 197 cm³/mol. The topological polar surface area (TPSA) is 131 Å². The molecule has 10 nitrogen and oxygen atoms in total. The average Bonchev–Trinajstić information content (AvgIpc) is 3.64. The van der Waals surface area contributed by atoms with Gasteiger partial charge < -0.3 is 24.8 Å². The van der Waals surface area contributed by atoms with Crippen molar-refractivity contribution in [1.82, 2.24) is 20.2 Å². The van der Waals surface area contributed by atoms with Gasteiger partial charge in [0.15, 0.2) is 5.82 Å². The van der Waals surface area contributed by atoms with E-state index in [1.165, 1.54) is 30.6 Å². The molecular weight excluding hydrogens is 644 g/mol. The second-order valence-electron chi connectivity index (χ2n) is 13.3. The van der Waals surface area contributed by atoms with Crippen LogP contribution >= 0.6 is 0 Å². The van der Waals surface area contributed by atoms with Crippen molar-refractivity contribution < 1.29 is 29.0 Å². The number of nitrogens with zero attached hydrogens (tertiary/aromatic N) is 3. The van der Waals surface area contributed by atoms with Crippen molar-refractivity contribution >= 4 is 17.8 Å². The summed E-state index contributed by atoms with van der Waals surface area (Å²) in [5.41, 5.74) is 3.92. The van der Waals surface area contributed by atoms with E-state index in [9.17, 15) is 19.5 Å². The van der Waals surface area contributed by atoms with Crippen LogP contribution in [0.5, 0.6) is 11.5 Å². The molecule has 4 aromatic rings. The summed E-state index contributed by atoms with van der Waals surface area (Å²) in [5.74, 6) is -0.186. The van der Waals surface area contributed by atoms with Crippen LogP contribution in [0.15, 0.2) is 85.2 Å². The molecule has 3 aromatic carbocycles. The number of aliphatic carboxylic acids is 1. The Balaban J connectivity index is 1.22. The highest BCUT2D eigenvalue weighted by Crippen LogP contribution is 2.25. The normalized spacial score (nSPS) is 14.7. The number of hydrogen-bond acceptors (Lipinski definition) is 7. The van der Waals surface area contributed by atoms with E-state index >= 15 is 0 Å². The number of hydrogen-bond donors (Lipinski definition) is 2. The van der Waals surface area contributed by atoms with E-state index in [4.69, 9.17) is 9.47 Å². The van der Waals surface area contributed by atoms with E-state index < -0.39 is 23.8 Å². The van der Waals surface area contributed by atoms with Crippen LogP contribution in [0, 0.1) is 5.92 Å². The third kappa shape index (κ3) is 10.6. The van der Waals surface area contributed by atoms with Gasteiger partial charge in [0.25, 0.3) is 5.91 Å². The SMILES string of the molecule is CCCCCCCOc1ccc(-c2cnc(-c3ccc(CC(NC(=O)c4ccc(OC(C)C)cc4)C(=O)N4CCC(C(=O)O)C4)cc3)nc2)cc1. The minimum atomic E-state index is -0.924. The third-order valence-corrected chi connectivity index (χ3v) is 8.95. The maximum atomic E-state index is 13.7. The standard InChI is InChI=1S/C41H48N4O6/c1-4-5-6-7-8-23-50-35-17-13-30(14-18-35)34-25-42-38(43-26-34)31-11-9-29(10-12-31)24-37(40(47)45-22-21-33(27-45)41(48)49)44-39(46)32-15-19-36(20-16-32)51-28(2)3/h9-20,25-26,28,33,37H,4-8,21-24,27H2,1-3H3,(H,44,46)(H,48,49). The molecule has 0 saturated carbocycles. The molecule has 1 fully saturated rings. The van der Waals surface area contributed by atoms with Gasteiger partial charge in [0.05, 0.1) is 18.6 Å². The Kier molecular flexibility index (Phi) is 13.2. The number of rotatable bonds is 17. The maximum absolute atomic E-state index is 13.7. The molecule has 1 saturated heterocycles. The Hall–Kier alpha value is -5.25. The number of likely N-dealkylation sites (tertiary alicyclic amines) is 1. The maximum Gasteiger partial charge on any atom is 0.308 e. The van der Waals surface area contributed by atoms with E-state index in [0.29, 0.717) is 30.1 Å². The fraction of sp³-hybridized carbons (Fsp3) is 0.390. The zero-order chi connectivity index (χ0) is 36.2. The first-order chi connectivity index (χ1) is 24.7. The summed E-state index contributed by atoms with van der Waals surface area (Å²) in [4.78, 5) is 49.3. The lowest BCUT2D eigenvalue weighted by atomic mass is 10.0. The number of unbranched alkanes of at least 4 members (excludes halogenated alkanes) is 4. The van der Waals surface area contributed by atoms with E-state index in [-0.39, 0.29) is 25.0 Å². The molecule has 2 amide bonds. The van der Waals surface area contributed by atoms with Crippen LogP contribution < -0.4 is 14.8 Å². The van der Waals surface area contributed by atoms with Gasteiger partial charge in [0.2, 0.25) is 5.91 Å². The minimum absolute atomic E-state index is 0.00247. The lowest BCUT2D eigenvalue weighted by Gasteiger charge is -2.24. The highest BCUT2D eigenvalue weighted by Gasteiger charge is 2.35. The van der Waals surface area contributed by atoms with Gasteiger partial charge in [0.1, 0.15) is 17.5 Å². The fourth-order valence-electron chi connectivity index (χ4n) is 6.07. The van der Waals surface area contributed by atoms with Crippen molar-refractivity contribution in [3.63, 3.8) is 0 Å². The number of benzene rings is 3. The lowest BCUT2D eigenvalue weighted by Crippen LogP contribution is -2.49. The molecule has 1 aliphatic heterocycles. The first kappa shape index (κ1) is 37.0. The van der Waals surface area contributed by atoms with Crippen molar-refractivity contribution in [3.8, 4) is 34.0 Å². The Morgan fingerprint density at radius 1 is 0.843 bits per heavy atom. The summed E-state index contributed by atoms with van der Waals surface area (Å²) in [7, 11) is 0. The molecule has 0 radical (unpaired) electrons. The largest absolute Gasteiger partial charge is 0.494 e. The molecule has 2 heterocycles. The molecule has 2 N–H and O–H groups in total. The summed E-state index contributed by atoms with van der Waals surface area (Å²) in [5, 5.41) is 12.4. The van der Waals surface area contributed by atoms with Gasteiger partial charge in [-0.1, -0.05) is 69.0 Å². The first-order valence-corrected chi connectivity index (χ1v) is 17.9. The van der Waals surface area contributed by atoms with Crippen molar-refractivity contribution in [3.05, 3.63) is 96.3 Å². The van der Waals surface area contributed by atoms with E-state index in [1.807, 2.05) is 62.4 Å². The van der Waals surface area contributed by atoms with Crippen LogP contribution in [0.25, 0.3) is 22.5 Å². The molecule has 0 spiro atoms. The quantitative estimate of drug-likeness (QED) is 0.111. The Morgan fingerprint density at radius 2 is 1.49 bits per heavy atom. The number of carbonyl (C=O) groups is 3. The van der Waals surface area contributed by atoms with Gasteiger partial charge in [-0.25, -0.2) is 9.97 Å². The molecule has 0 aliphatic carbocycles. The number of carbonyl (C=O) groups excluding carboxylic acids is 2. The van der Waals surface area contributed by atoms with Crippen LogP contribution in [-0.4, -0.2) is 69.6 Å². The second-order valence-corrected chi connectivity index (χ2v) is 13.3. The predicted octanol–water partition coefficient (Wildman–Crippen LogP) is 7.22. The monoisotopic (exact) mass is 692 g/mol. The Morgan fingerprint density at radius 3 is 2.12 bits per heavy atom. The summed E-state index contributed by atoms with van der Waals surface area (Å²) >= 11 is 0. The first-order valence-electron chi connectivity index (χ1n) is 17.9. The average molecular weight is 693 g/mol. The molecule has 1 aliphatic rings. The van der Waals surface area contributed by atoms with Crippen LogP contribution in [0.2, 0.25) is 0 Å². The van der Waals surface area contributed by atoms with Crippen LogP contribution in [0.4, 0.5) is 0 Å². The molecular formula is C41H48N4O6. The number of amides is 2. The van der Waals surface area contributed by atoms with Gasteiger partial charge in [-0.3, -0.25) is 14.4 Å². The summed E-state index contributed by atoms with van der Waals surface area (Å²) < 4.78 is 11.6. The summed E-state index contributed by atoms with van der Waals surface area (Å²) in [6.07, 6.45) is 10.2. The molecule has 2 unspecified atom stereocenters. The van der Waals surface area contributed by atoms with Crippen molar-refractivity contribution in [2.24, 2.45) is 5.92 Å². The number of carboxylic acid groups (broad SMARTS) is 1. The summed E-state index contributed by atoms with van der Waals surface area (Å²) in [6, 6.07) is 21.4. The summed E-state index contributed by atoms with van der Waals surface area (Å²) in [6.45, 7) is 7.23. The number of nitrogens with one attached hydrogen (secondary N) is 1. The highest BCUT2D eigenvalue weighted by molar-refractivity contribution is 5.98. The van der Waals surface area contributed by atoms with E-state index in [2.05, 4.69) is 22.2 Å². The number of aromatic nitrogens is 2. The Bertz CT molecular complexity index is 1720. The Labute approximate surface area is 300 Å². The fourth-order valence-corrected chi connectivity index (χ4v) is 6.07. The molecule has 5 rings (SSSR count). The molecule has 51 heavy (non-hydrogen) atoms. The van der Waals surface area contributed by atoms with Crippen molar-refractivity contribution in [2.45, 2.75) is 77.9 Å². The van der Waals surface area contributed by atoms with Gasteiger partial charge in [-0.05, 0) is 74.2 Å². The smallest absolute Gasteiger partial charge is 0.308 e. The lowest BCUT2D eigenvalue weighted by molar-refractivity contribution is -0.141. The molecule has 2 atom stereocenters. The zero-order valence-corrected chi connectivity index (χ0v) is 29.7. The van der Waals surface area contributed by atoms with Crippen LogP contribution in [-0.2, 0) is 16.0 Å². The minimum Gasteiger partial charge on any atom is -0.494 e. The zero-order valence-electron chi connectivity index (χ0n) is 29.7. The second kappa shape index (κ2) is 18.1. The van der Waals surface area contributed by atoms with E-state index in [1.54, 1.807) is 36.7 Å². The van der Waals surface area contributed by atoms with Crippen LogP contribution in [0.3, 0.4) is 0 Å².